The molecule has 216 valence electrons. The highest BCUT2D eigenvalue weighted by atomic mass is 35.5. The molecule has 12 heteroatoms. The van der Waals surface area contributed by atoms with Crippen LogP contribution in [0.1, 0.15) is 43.7 Å². The molecule has 0 aliphatic carbocycles. The molecule has 0 saturated carbocycles. The van der Waals surface area contributed by atoms with Gasteiger partial charge in [0, 0.05) is 31.5 Å². The number of fused-ring (bicyclic) bond motifs is 1. The van der Waals surface area contributed by atoms with Crippen LogP contribution in [-0.2, 0) is 16.0 Å². The van der Waals surface area contributed by atoms with Crippen LogP contribution in [0.4, 0.5) is 21.7 Å². The first-order chi connectivity index (χ1) is 19.4. The van der Waals surface area contributed by atoms with Crippen molar-refractivity contribution >= 4 is 40.8 Å². The predicted octanol–water partition coefficient (Wildman–Crippen LogP) is 4.43. The molecule has 41 heavy (non-hydrogen) atoms. The van der Waals surface area contributed by atoms with Crippen LogP contribution in [0.15, 0.2) is 42.7 Å². The van der Waals surface area contributed by atoms with E-state index in [9.17, 15) is 14.0 Å². The summed E-state index contributed by atoms with van der Waals surface area (Å²) in [6, 6.07) is 8.28. The highest BCUT2D eigenvalue weighted by Crippen LogP contribution is 2.39. The van der Waals surface area contributed by atoms with Gasteiger partial charge in [0.25, 0.3) is 11.8 Å². The van der Waals surface area contributed by atoms with E-state index >= 15 is 0 Å². The van der Waals surface area contributed by atoms with Crippen molar-refractivity contribution in [3.05, 3.63) is 64.8 Å². The lowest BCUT2D eigenvalue weighted by molar-refractivity contribution is -0.139. The Kier molecular flexibility index (Phi) is 7.50. The number of rotatable bonds is 5. The van der Waals surface area contributed by atoms with E-state index in [1.807, 2.05) is 44.7 Å². The van der Waals surface area contributed by atoms with Crippen molar-refractivity contribution in [3.8, 4) is 5.88 Å². The molecular weight excluding hydrogens is 551 g/mol. The molecule has 0 atom stereocenters. The van der Waals surface area contributed by atoms with E-state index in [1.54, 1.807) is 17.2 Å². The Hall–Kier alpha value is -3.99. The smallest absolute Gasteiger partial charge is 0.310 e. The number of halogens is 2. The number of pyridine rings is 1. The molecule has 5 rings (SSSR count). The highest BCUT2D eigenvalue weighted by Gasteiger charge is 2.40. The molecule has 2 aromatic heterocycles. The molecule has 2 aliphatic heterocycles. The minimum atomic E-state index is -0.677. The minimum Gasteiger partial charge on any atom is -0.469 e. The normalized spacial score (nSPS) is 17.5. The first-order valence-electron chi connectivity index (χ1n) is 13.2. The number of anilines is 3. The van der Waals surface area contributed by atoms with Gasteiger partial charge in [-0.05, 0) is 57.5 Å². The molecule has 0 N–H and O–H groups in total. The predicted molar refractivity (Wildman–Crippen MR) is 152 cm³/mol. The van der Waals surface area contributed by atoms with E-state index in [1.165, 1.54) is 25.4 Å². The molecule has 1 amide bonds. The minimum absolute atomic E-state index is 0.0302. The van der Waals surface area contributed by atoms with Gasteiger partial charge in [0.15, 0.2) is 11.5 Å². The Bertz CT molecular complexity index is 1480. The van der Waals surface area contributed by atoms with Gasteiger partial charge in [-0.3, -0.25) is 9.59 Å². The topological polar surface area (TPSA) is 101 Å². The summed E-state index contributed by atoms with van der Waals surface area (Å²) in [5, 5.41) is 0.0302. The van der Waals surface area contributed by atoms with E-state index in [0.717, 1.165) is 11.4 Å². The number of hydrogen-bond donors (Lipinski definition) is 0. The number of piperazine rings is 1. The third-order valence-electron chi connectivity index (χ3n) is 7.18. The maximum Gasteiger partial charge on any atom is 0.310 e. The van der Waals surface area contributed by atoms with Crippen LogP contribution >= 0.6 is 11.6 Å². The maximum absolute atomic E-state index is 14.3. The van der Waals surface area contributed by atoms with E-state index in [2.05, 4.69) is 19.9 Å². The largest absolute Gasteiger partial charge is 0.469 e. The van der Waals surface area contributed by atoms with Crippen LogP contribution in [0.25, 0.3) is 0 Å². The number of amides is 1. The fraction of sp³-hybridized carbons (Fsp3) is 0.414. The molecule has 1 fully saturated rings. The number of nitrogens with zero attached hydrogens (tertiary/aromatic N) is 6. The van der Waals surface area contributed by atoms with Gasteiger partial charge in [-0.25, -0.2) is 19.3 Å². The van der Waals surface area contributed by atoms with Gasteiger partial charge in [0.05, 0.1) is 36.8 Å². The van der Waals surface area contributed by atoms with Crippen LogP contribution in [-0.4, -0.2) is 76.2 Å². The summed E-state index contributed by atoms with van der Waals surface area (Å²) in [6.07, 6.45) is 3.27. The molecule has 10 nitrogen and oxygen atoms in total. The van der Waals surface area contributed by atoms with Crippen molar-refractivity contribution in [1.29, 1.82) is 0 Å². The first-order valence-corrected chi connectivity index (χ1v) is 13.6. The Morgan fingerprint density at radius 1 is 1.07 bits per heavy atom. The summed E-state index contributed by atoms with van der Waals surface area (Å²) >= 11 is 5.89. The van der Waals surface area contributed by atoms with Gasteiger partial charge in [0.2, 0.25) is 0 Å². The zero-order valence-corrected chi connectivity index (χ0v) is 24.4. The van der Waals surface area contributed by atoms with Gasteiger partial charge in [-0.15, -0.1) is 0 Å². The van der Waals surface area contributed by atoms with Crippen LogP contribution in [0.2, 0.25) is 5.02 Å². The van der Waals surface area contributed by atoms with Crippen molar-refractivity contribution in [1.82, 2.24) is 19.9 Å². The summed E-state index contributed by atoms with van der Waals surface area (Å²) in [5.74, 6) is 0.245. The molecule has 0 spiro atoms. The van der Waals surface area contributed by atoms with Crippen LogP contribution in [0.3, 0.4) is 0 Å². The molecule has 3 aromatic rings. The van der Waals surface area contributed by atoms with Crippen LogP contribution in [0.5, 0.6) is 5.88 Å². The fourth-order valence-corrected chi connectivity index (χ4v) is 5.27. The van der Waals surface area contributed by atoms with Crippen molar-refractivity contribution in [2.24, 2.45) is 0 Å². The summed E-state index contributed by atoms with van der Waals surface area (Å²) < 4.78 is 25.1. The molecule has 2 aliphatic rings. The molecular formula is C29H32ClFN6O4. The lowest BCUT2D eigenvalue weighted by atomic mass is 9.98. The Labute approximate surface area is 243 Å². The average molecular weight is 583 g/mol. The van der Waals surface area contributed by atoms with E-state index in [4.69, 9.17) is 21.1 Å². The maximum atomic E-state index is 14.3. The zero-order valence-electron chi connectivity index (χ0n) is 23.6. The second-order valence-electron chi connectivity index (χ2n) is 11.4. The van der Waals surface area contributed by atoms with E-state index < -0.39 is 17.0 Å². The third kappa shape index (κ3) is 5.90. The fourth-order valence-electron chi connectivity index (χ4n) is 5.15. The summed E-state index contributed by atoms with van der Waals surface area (Å²) in [4.78, 5) is 44.6. The number of benzene rings is 1. The number of ether oxygens (including phenoxy) is 2. The van der Waals surface area contributed by atoms with Crippen molar-refractivity contribution in [2.75, 3.05) is 43.1 Å². The Balaban J connectivity index is 1.35. The molecule has 0 unspecified atom stereocenters. The van der Waals surface area contributed by atoms with Gasteiger partial charge in [-0.1, -0.05) is 17.7 Å². The highest BCUT2D eigenvalue weighted by molar-refractivity contribution is 6.30. The van der Waals surface area contributed by atoms with Gasteiger partial charge < -0.3 is 24.2 Å². The van der Waals surface area contributed by atoms with Crippen molar-refractivity contribution < 1.29 is 23.5 Å². The van der Waals surface area contributed by atoms with Crippen LogP contribution in [0, 0.1) is 5.82 Å². The monoisotopic (exact) mass is 582 g/mol. The standard InChI is InChI=1S/C29H32ClFN6O4/c1-28(2)16-35(23-9-6-18(14-32-23)12-24(38)40-5)10-11-37(28)27(39)22-15-33-25-26(34-22)41-29(3,4)17-36(25)19-7-8-20(30)21(31)13-19/h6-9,13-15H,10-12,16-17H2,1-5H3. The number of aromatic nitrogens is 3. The number of carbonyl (C=O) groups excluding carboxylic acids is 2. The summed E-state index contributed by atoms with van der Waals surface area (Å²) in [7, 11) is 1.36. The number of esters is 1. The molecule has 0 bridgehead atoms. The molecule has 0 radical (unpaired) electrons. The summed E-state index contributed by atoms with van der Waals surface area (Å²) in [6.45, 7) is 9.72. The average Bonchev–Trinajstić information content (AvgIpc) is 2.92. The van der Waals surface area contributed by atoms with Gasteiger partial charge in [-0.2, -0.15) is 0 Å². The van der Waals surface area contributed by atoms with E-state index in [-0.39, 0.29) is 34.9 Å². The van der Waals surface area contributed by atoms with Crippen molar-refractivity contribution in [2.45, 2.75) is 45.3 Å². The second kappa shape index (κ2) is 10.8. The number of hydrogen-bond acceptors (Lipinski definition) is 9. The molecule has 1 saturated heterocycles. The Morgan fingerprint density at radius 2 is 1.85 bits per heavy atom. The van der Waals surface area contributed by atoms with Crippen LogP contribution < -0.4 is 14.5 Å². The lowest BCUT2D eigenvalue weighted by Gasteiger charge is -2.47. The third-order valence-corrected chi connectivity index (χ3v) is 7.49. The number of methoxy groups -OCH3 is 1. The van der Waals surface area contributed by atoms with E-state index in [0.29, 0.717) is 37.7 Å². The second-order valence-corrected chi connectivity index (χ2v) is 11.8. The Morgan fingerprint density at radius 3 is 2.51 bits per heavy atom. The number of carbonyl (C=O) groups is 2. The quantitative estimate of drug-likeness (QED) is 0.404. The summed E-state index contributed by atoms with van der Waals surface area (Å²) in [5.41, 5.74) is 0.262. The molecule has 1 aromatic carbocycles. The lowest BCUT2D eigenvalue weighted by Crippen LogP contribution is -2.61. The van der Waals surface area contributed by atoms with Gasteiger partial charge in [0.1, 0.15) is 17.2 Å². The van der Waals surface area contributed by atoms with Crippen molar-refractivity contribution in [3.63, 3.8) is 0 Å². The first kappa shape index (κ1) is 28.5. The molecule has 4 heterocycles. The van der Waals surface area contributed by atoms with Gasteiger partial charge >= 0.3 is 5.97 Å². The zero-order chi connectivity index (χ0) is 29.5. The SMILES string of the molecule is COC(=O)Cc1ccc(N2CCN(C(=O)c3cnc4c(n3)OC(C)(C)CN4c3ccc(Cl)c(F)c3)C(C)(C)C2)nc1.